The molecule has 2 heterocycles. The molecule has 114 valence electrons. The molecule has 0 spiro atoms. The van der Waals surface area contributed by atoms with Crippen LogP contribution in [0.25, 0.3) is 0 Å². The van der Waals surface area contributed by atoms with Crippen LogP contribution in [0.3, 0.4) is 0 Å². The molecule has 1 aliphatic rings. The molecule has 1 fully saturated rings. The highest BCUT2D eigenvalue weighted by atomic mass is 16.2. The summed E-state index contributed by atoms with van der Waals surface area (Å²) in [5.41, 5.74) is 8.73. The number of hydrogen-bond acceptors (Lipinski definition) is 4. The molecule has 1 aromatic heterocycles. The number of amides is 1. The smallest absolute Gasteiger partial charge is 0.254 e. The molecule has 0 saturated carbocycles. The molecule has 1 aliphatic heterocycles. The van der Waals surface area contributed by atoms with Gasteiger partial charge in [0, 0.05) is 43.6 Å². The normalized spacial score (nSPS) is 15.0. The van der Waals surface area contributed by atoms with E-state index in [1.54, 1.807) is 18.3 Å². The van der Waals surface area contributed by atoms with Gasteiger partial charge in [0.1, 0.15) is 5.82 Å². The van der Waals surface area contributed by atoms with E-state index in [4.69, 9.17) is 5.73 Å². The highest BCUT2D eigenvalue weighted by Crippen LogP contribution is 2.18. The van der Waals surface area contributed by atoms with E-state index in [0.29, 0.717) is 11.4 Å². The van der Waals surface area contributed by atoms with E-state index < -0.39 is 0 Å². The van der Waals surface area contributed by atoms with Crippen LogP contribution in [0.2, 0.25) is 0 Å². The van der Waals surface area contributed by atoms with Gasteiger partial charge >= 0.3 is 0 Å². The summed E-state index contributed by atoms with van der Waals surface area (Å²) in [5, 5.41) is 0. The second kappa shape index (κ2) is 6.05. The molecule has 22 heavy (non-hydrogen) atoms. The van der Waals surface area contributed by atoms with Crippen LogP contribution in [0.4, 0.5) is 11.5 Å². The third-order valence-corrected chi connectivity index (χ3v) is 3.96. The predicted octanol–water partition coefficient (Wildman–Crippen LogP) is 1.93. The minimum absolute atomic E-state index is 0.0259. The summed E-state index contributed by atoms with van der Waals surface area (Å²) in [6, 6.07) is 11.8. The zero-order valence-electron chi connectivity index (χ0n) is 12.7. The number of piperazine rings is 1. The Balaban J connectivity index is 1.65. The molecule has 0 unspecified atom stereocenters. The van der Waals surface area contributed by atoms with Crippen LogP contribution in [-0.2, 0) is 0 Å². The Kier molecular flexibility index (Phi) is 3.96. The molecule has 1 amide bonds. The summed E-state index contributed by atoms with van der Waals surface area (Å²) in [6.45, 7) is 5.21. The van der Waals surface area contributed by atoms with Gasteiger partial charge in [0.05, 0.1) is 0 Å². The van der Waals surface area contributed by atoms with Crippen molar-refractivity contribution < 1.29 is 4.79 Å². The minimum atomic E-state index is 0.0259. The summed E-state index contributed by atoms with van der Waals surface area (Å²) >= 11 is 0. The number of nitrogens with two attached hydrogens (primary N) is 1. The summed E-state index contributed by atoms with van der Waals surface area (Å²) in [5.74, 6) is 0.405. The highest BCUT2D eigenvalue weighted by molar-refractivity contribution is 5.94. The average Bonchev–Trinajstić information content (AvgIpc) is 2.54. The zero-order valence-corrected chi connectivity index (χ0v) is 12.7. The zero-order chi connectivity index (χ0) is 15.5. The molecule has 2 N–H and O–H groups in total. The minimum Gasteiger partial charge on any atom is -0.384 e. The van der Waals surface area contributed by atoms with Crippen LogP contribution in [-0.4, -0.2) is 42.0 Å². The standard InChI is InChI=1S/C17H20N4O/c1-13-3-2-4-15(11-13)20-7-9-21(10-8-20)17(22)14-5-6-19-16(18)12-14/h2-6,11-12H,7-10H2,1H3,(H2,18,19). The monoisotopic (exact) mass is 296 g/mol. The van der Waals surface area contributed by atoms with Crippen molar-refractivity contribution in [2.45, 2.75) is 6.92 Å². The number of aryl methyl sites for hydroxylation is 1. The Hall–Kier alpha value is -2.56. The van der Waals surface area contributed by atoms with E-state index in [1.807, 2.05) is 4.90 Å². The molecule has 5 nitrogen and oxygen atoms in total. The van der Waals surface area contributed by atoms with Crippen molar-refractivity contribution in [3.63, 3.8) is 0 Å². The molecule has 1 saturated heterocycles. The van der Waals surface area contributed by atoms with E-state index in [9.17, 15) is 4.79 Å². The lowest BCUT2D eigenvalue weighted by atomic mass is 10.1. The number of hydrogen-bond donors (Lipinski definition) is 1. The van der Waals surface area contributed by atoms with Gasteiger partial charge in [-0.1, -0.05) is 12.1 Å². The van der Waals surface area contributed by atoms with E-state index >= 15 is 0 Å². The van der Waals surface area contributed by atoms with Crippen molar-refractivity contribution in [3.8, 4) is 0 Å². The number of carbonyl (C=O) groups excluding carboxylic acids is 1. The van der Waals surface area contributed by atoms with Gasteiger partial charge in [-0.2, -0.15) is 0 Å². The van der Waals surface area contributed by atoms with Crippen LogP contribution < -0.4 is 10.6 Å². The number of aromatic nitrogens is 1. The van der Waals surface area contributed by atoms with E-state index in [2.05, 4.69) is 41.1 Å². The quantitative estimate of drug-likeness (QED) is 0.920. The number of carbonyl (C=O) groups is 1. The van der Waals surface area contributed by atoms with Crippen molar-refractivity contribution >= 4 is 17.4 Å². The summed E-state index contributed by atoms with van der Waals surface area (Å²) in [6.07, 6.45) is 1.57. The Bertz CT molecular complexity index is 678. The number of nitrogen functional groups attached to an aromatic ring is 1. The van der Waals surface area contributed by atoms with Crippen LogP contribution in [0.1, 0.15) is 15.9 Å². The summed E-state index contributed by atoms with van der Waals surface area (Å²) in [4.78, 5) is 20.6. The fourth-order valence-electron chi connectivity index (χ4n) is 2.76. The van der Waals surface area contributed by atoms with Gasteiger partial charge in [-0.05, 0) is 36.8 Å². The van der Waals surface area contributed by atoms with Gasteiger partial charge in [0.15, 0.2) is 0 Å². The first-order chi connectivity index (χ1) is 10.6. The molecule has 3 rings (SSSR count). The van der Waals surface area contributed by atoms with Crippen LogP contribution >= 0.6 is 0 Å². The van der Waals surface area contributed by atoms with Gasteiger partial charge in [-0.15, -0.1) is 0 Å². The molecular formula is C17H20N4O. The van der Waals surface area contributed by atoms with Crippen molar-refractivity contribution in [3.05, 3.63) is 53.7 Å². The maximum atomic E-state index is 12.5. The lowest BCUT2D eigenvalue weighted by Crippen LogP contribution is -2.48. The molecule has 2 aromatic rings. The van der Waals surface area contributed by atoms with Crippen LogP contribution in [0.5, 0.6) is 0 Å². The first-order valence-electron chi connectivity index (χ1n) is 7.46. The lowest BCUT2D eigenvalue weighted by Gasteiger charge is -2.36. The molecular weight excluding hydrogens is 276 g/mol. The fraction of sp³-hybridized carbons (Fsp3) is 0.294. The van der Waals surface area contributed by atoms with E-state index in [0.717, 1.165) is 26.2 Å². The van der Waals surface area contributed by atoms with Gasteiger partial charge in [0.25, 0.3) is 5.91 Å². The average molecular weight is 296 g/mol. The third-order valence-electron chi connectivity index (χ3n) is 3.96. The van der Waals surface area contributed by atoms with E-state index in [-0.39, 0.29) is 5.91 Å². The van der Waals surface area contributed by atoms with E-state index in [1.165, 1.54) is 11.3 Å². The number of rotatable bonds is 2. The molecule has 0 atom stereocenters. The third kappa shape index (κ3) is 3.03. The molecule has 5 heteroatoms. The first kappa shape index (κ1) is 14.4. The second-order valence-electron chi connectivity index (χ2n) is 5.59. The van der Waals surface area contributed by atoms with Gasteiger partial charge in [0.2, 0.25) is 0 Å². The topological polar surface area (TPSA) is 62.5 Å². The van der Waals surface area contributed by atoms with Crippen molar-refractivity contribution in [1.82, 2.24) is 9.88 Å². The predicted molar refractivity (Wildman–Crippen MR) is 87.9 cm³/mol. The number of nitrogens with zero attached hydrogens (tertiary/aromatic N) is 3. The summed E-state index contributed by atoms with van der Waals surface area (Å²) in [7, 11) is 0. The largest absolute Gasteiger partial charge is 0.384 e. The Morgan fingerprint density at radius 3 is 2.59 bits per heavy atom. The second-order valence-corrected chi connectivity index (χ2v) is 5.59. The lowest BCUT2D eigenvalue weighted by molar-refractivity contribution is 0.0746. The highest BCUT2D eigenvalue weighted by Gasteiger charge is 2.22. The van der Waals surface area contributed by atoms with Crippen molar-refractivity contribution in [1.29, 1.82) is 0 Å². The van der Waals surface area contributed by atoms with Gasteiger partial charge in [-0.25, -0.2) is 4.98 Å². The first-order valence-corrected chi connectivity index (χ1v) is 7.46. The number of pyridine rings is 1. The Labute approximate surface area is 130 Å². The van der Waals surface area contributed by atoms with Crippen LogP contribution in [0, 0.1) is 6.92 Å². The summed E-state index contributed by atoms with van der Waals surface area (Å²) < 4.78 is 0. The Morgan fingerprint density at radius 1 is 1.14 bits per heavy atom. The number of anilines is 2. The van der Waals surface area contributed by atoms with Gasteiger partial charge < -0.3 is 15.5 Å². The Morgan fingerprint density at radius 2 is 1.91 bits per heavy atom. The molecule has 0 radical (unpaired) electrons. The molecule has 0 aliphatic carbocycles. The fourth-order valence-corrected chi connectivity index (χ4v) is 2.76. The van der Waals surface area contributed by atoms with Crippen LogP contribution in [0.15, 0.2) is 42.6 Å². The van der Waals surface area contributed by atoms with Gasteiger partial charge in [-0.3, -0.25) is 4.79 Å². The molecule has 1 aromatic carbocycles. The van der Waals surface area contributed by atoms with Crippen molar-refractivity contribution in [2.24, 2.45) is 0 Å². The maximum absolute atomic E-state index is 12.5. The number of benzene rings is 1. The maximum Gasteiger partial charge on any atom is 0.254 e. The molecule has 0 bridgehead atoms. The SMILES string of the molecule is Cc1cccc(N2CCN(C(=O)c3ccnc(N)c3)CC2)c1. The van der Waals surface area contributed by atoms with Crippen molar-refractivity contribution in [2.75, 3.05) is 36.8 Å².